The highest BCUT2D eigenvalue weighted by molar-refractivity contribution is 5.94. The fourth-order valence-electron chi connectivity index (χ4n) is 4.43. The first kappa shape index (κ1) is 21.2. The van der Waals surface area contributed by atoms with Crippen molar-refractivity contribution in [3.63, 3.8) is 0 Å². The monoisotopic (exact) mass is 447 g/mol. The summed E-state index contributed by atoms with van der Waals surface area (Å²) in [6.45, 7) is 4.59. The van der Waals surface area contributed by atoms with Gasteiger partial charge in [0.15, 0.2) is 0 Å². The molecule has 5 rings (SSSR count). The van der Waals surface area contributed by atoms with Crippen LogP contribution in [-0.4, -0.2) is 67.3 Å². The van der Waals surface area contributed by atoms with Crippen LogP contribution in [-0.2, 0) is 0 Å². The minimum absolute atomic E-state index is 0.0825. The third-order valence-corrected chi connectivity index (χ3v) is 6.30. The van der Waals surface area contributed by atoms with E-state index in [0.717, 1.165) is 37.6 Å². The van der Waals surface area contributed by atoms with Gasteiger partial charge in [-0.15, -0.1) is 0 Å². The van der Waals surface area contributed by atoms with Crippen LogP contribution in [0.5, 0.6) is 5.75 Å². The lowest BCUT2D eigenvalue weighted by molar-refractivity contribution is 0.229. The van der Waals surface area contributed by atoms with Crippen molar-refractivity contribution in [3.05, 3.63) is 60.5 Å². The van der Waals surface area contributed by atoms with Crippen LogP contribution in [0.3, 0.4) is 0 Å². The van der Waals surface area contributed by atoms with E-state index in [0.29, 0.717) is 29.8 Å². The van der Waals surface area contributed by atoms with Crippen molar-refractivity contribution in [2.45, 2.75) is 0 Å². The maximum absolute atomic E-state index is 15.0. The molecular formula is C25H26FN5O2. The molecule has 2 amide bonds. The number of halogens is 1. The molecule has 0 radical (unpaired) electrons. The first-order valence-electron chi connectivity index (χ1n) is 11.1. The lowest BCUT2D eigenvalue weighted by atomic mass is 9.97. The maximum atomic E-state index is 15.0. The Morgan fingerprint density at radius 1 is 0.970 bits per heavy atom. The quantitative estimate of drug-likeness (QED) is 0.640. The van der Waals surface area contributed by atoms with Crippen molar-refractivity contribution in [2.24, 2.45) is 0 Å². The molecule has 0 atom stereocenters. The summed E-state index contributed by atoms with van der Waals surface area (Å²) in [5.41, 5.74) is 2.83. The highest BCUT2D eigenvalue weighted by Gasteiger charge is 2.28. The van der Waals surface area contributed by atoms with Crippen molar-refractivity contribution in [1.29, 1.82) is 0 Å². The highest BCUT2D eigenvalue weighted by Crippen LogP contribution is 2.39. The molecule has 2 aliphatic rings. The summed E-state index contributed by atoms with van der Waals surface area (Å²) in [4.78, 5) is 22.0. The van der Waals surface area contributed by atoms with E-state index < -0.39 is 5.82 Å². The molecule has 3 aromatic rings. The van der Waals surface area contributed by atoms with Crippen LogP contribution in [0, 0.1) is 5.82 Å². The number of hydrogen-bond donors (Lipinski definition) is 2. The first-order valence-corrected chi connectivity index (χ1v) is 11.1. The molecule has 2 aliphatic heterocycles. The normalized spacial score (nSPS) is 16.5. The number of aromatic hydroxyl groups is 1. The van der Waals surface area contributed by atoms with Gasteiger partial charge in [0.05, 0.1) is 5.69 Å². The number of piperazine rings is 1. The maximum Gasteiger partial charge on any atom is 0.324 e. The zero-order valence-electron chi connectivity index (χ0n) is 18.5. The number of hydrogen-bond acceptors (Lipinski definition) is 5. The van der Waals surface area contributed by atoms with Gasteiger partial charge in [-0.2, -0.15) is 0 Å². The number of phenolic OH excluding ortho intramolecular Hbond substituents is 1. The second-order valence-corrected chi connectivity index (χ2v) is 8.36. The van der Waals surface area contributed by atoms with Crippen LogP contribution < -0.4 is 15.1 Å². The number of nitrogens with zero attached hydrogens (tertiary/aromatic N) is 4. The minimum Gasteiger partial charge on any atom is -0.507 e. The van der Waals surface area contributed by atoms with Crippen LogP contribution >= 0.6 is 0 Å². The molecule has 3 heterocycles. The Kier molecular flexibility index (Phi) is 5.60. The molecule has 170 valence electrons. The number of phenols is 1. The molecule has 0 aliphatic carbocycles. The van der Waals surface area contributed by atoms with Gasteiger partial charge in [-0.25, -0.2) is 14.2 Å². The number of likely N-dealkylation sites (N-methyl/N-ethyl adjacent to an activating group) is 1. The number of carbonyl (C=O) groups excluding carboxylic acids is 1. The van der Waals surface area contributed by atoms with E-state index in [4.69, 9.17) is 0 Å². The Hall–Kier alpha value is -3.65. The SMILES string of the molecule is CN1CCN(c2ccc(-c3cccc(-c4ccnc(N5CCNCC5)c4)c3O)cc2F)C1=O. The van der Waals surface area contributed by atoms with Crippen LogP contribution in [0.15, 0.2) is 54.7 Å². The van der Waals surface area contributed by atoms with Gasteiger partial charge in [0, 0.05) is 63.6 Å². The molecule has 0 saturated carbocycles. The number of anilines is 2. The summed E-state index contributed by atoms with van der Waals surface area (Å²) in [5.74, 6) is 0.458. The molecule has 1 aromatic heterocycles. The van der Waals surface area contributed by atoms with Crippen LogP contribution in [0.1, 0.15) is 0 Å². The number of pyridine rings is 1. The van der Waals surface area contributed by atoms with E-state index >= 15 is 0 Å². The number of rotatable bonds is 4. The third kappa shape index (κ3) is 3.98. The second-order valence-electron chi connectivity index (χ2n) is 8.36. The molecule has 7 nitrogen and oxygen atoms in total. The van der Waals surface area contributed by atoms with Crippen molar-refractivity contribution in [2.75, 3.05) is 56.1 Å². The van der Waals surface area contributed by atoms with Crippen LogP contribution in [0.4, 0.5) is 20.7 Å². The predicted octanol–water partition coefficient (Wildman–Crippen LogP) is 3.54. The molecule has 2 N–H and O–H groups in total. The third-order valence-electron chi connectivity index (χ3n) is 6.30. The lowest BCUT2D eigenvalue weighted by Crippen LogP contribution is -2.43. The van der Waals surface area contributed by atoms with Crippen molar-refractivity contribution in [3.8, 4) is 28.0 Å². The number of aromatic nitrogens is 1. The number of nitrogens with one attached hydrogen (secondary N) is 1. The summed E-state index contributed by atoms with van der Waals surface area (Å²) in [7, 11) is 1.70. The molecular weight excluding hydrogens is 421 g/mol. The number of benzene rings is 2. The standard InChI is InChI=1S/C25H26FN5O2/c1-29-13-14-31(25(29)33)22-6-5-17(15-21(22)26)19-3-2-4-20(24(19)32)18-7-8-28-23(16-18)30-11-9-27-10-12-30/h2-8,15-16,27,32H,9-14H2,1H3. The van der Waals surface area contributed by atoms with Gasteiger partial charge in [0.2, 0.25) is 0 Å². The largest absolute Gasteiger partial charge is 0.507 e. The molecule has 33 heavy (non-hydrogen) atoms. The molecule has 0 bridgehead atoms. The molecule has 0 unspecified atom stereocenters. The minimum atomic E-state index is -0.495. The predicted molar refractivity (Wildman–Crippen MR) is 127 cm³/mol. The summed E-state index contributed by atoms with van der Waals surface area (Å²) in [6.07, 6.45) is 1.75. The van der Waals surface area contributed by atoms with E-state index in [2.05, 4.69) is 15.2 Å². The van der Waals surface area contributed by atoms with Crippen molar-refractivity contribution >= 4 is 17.5 Å². The van der Waals surface area contributed by atoms with Crippen molar-refractivity contribution < 1.29 is 14.3 Å². The zero-order chi connectivity index (χ0) is 22.9. The van der Waals surface area contributed by atoms with Gasteiger partial charge in [-0.3, -0.25) is 4.90 Å². The number of para-hydroxylation sites is 1. The Balaban J connectivity index is 1.47. The smallest absolute Gasteiger partial charge is 0.324 e. The van der Waals surface area contributed by atoms with Gasteiger partial charge < -0.3 is 20.2 Å². The Morgan fingerprint density at radius 2 is 1.70 bits per heavy atom. The fraction of sp³-hybridized carbons (Fsp3) is 0.280. The van der Waals surface area contributed by atoms with Gasteiger partial charge in [-0.05, 0) is 35.4 Å². The second kappa shape index (κ2) is 8.71. The molecule has 0 spiro atoms. The van der Waals surface area contributed by atoms with Gasteiger partial charge in [-0.1, -0.05) is 24.3 Å². The lowest BCUT2D eigenvalue weighted by Gasteiger charge is -2.28. The molecule has 2 saturated heterocycles. The highest BCUT2D eigenvalue weighted by atomic mass is 19.1. The Labute approximate surface area is 192 Å². The summed E-state index contributed by atoms with van der Waals surface area (Å²) < 4.78 is 15.0. The average Bonchev–Trinajstić information content (AvgIpc) is 3.18. The topological polar surface area (TPSA) is 71.9 Å². The Morgan fingerprint density at radius 3 is 2.36 bits per heavy atom. The van der Waals surface area contributed by atoms with E-state index in [1.54, 1.807) is 36.3 Å². The molecule has 2 fully saturated rings. The number of amides is 2. The molecule has 8 heteroatoms. The fourth-order valence-corrected chi connectivity index (χ4v) is 4.43. The zero-order valence-corrected chi connectivity index (χ0v) is 18.5. The average molecular weight is 448 g/mol. The van der Waals surface area contributed by atoms with E-state index in [-0.39, 0.29) is 17.5 Å². The van der Waals surface area contributed by atoms with Crippen LogP contribution in [0.25, 0.3) is 22.3 Å². The van der Waals surface area contributed by atoms with E-state index in [9.17, 15) is 14.3 Å². The van der Waals surface area contributed by atoms with Gasteiger partial charge >= 0.3 is 6.03 Å². The van der Waals surface area contributed by atoms with Gasteiger partial charge in [0.25, 0.3) is 0 Å². The van der Waals surface area contributed by atoms with Crippen molar-refractivity contribution in [1.82, 2.24) is 15.2 Å². The van der Waals surface area contributed by atoms with Gasteiger partial charge in [0.1, 0.15) is 17.4 Å². The number of carbonyl (C=O) groups is 1. The summed E-state index contributed by atoms with van der Waals surface area (Å²) in [6, 6.07) is 13.8. The summed E-state index contributed by atoms with van der Waals surface area (Å²) >= 11 is 0. The first-order chi connectivity index (χ1) is 16.0. The Bertz CT molecular complexity index is 1200. The summed E-state index contributed by atoms with van der Waals surface area (Å²) in [5, 5.41) is 14.4. The molecule has 2 aromatic carbocycles. The number of urea groups is 1. The van der Waals surface area contributed by atoms with Crippen LogP contribution in [0.2, 0.25) is 0 Å². The van der Waals surface area contributed by atoms with E-state index in [1.807, 2.05) is 24.3 Å². The van der Waals surface area contributed by atoms with E-state index in [1.165, 1.54) is 11.0 Å².